The highest BCUT2D eigenvalue weighted by Crippen LogP contribution is 2.22. The number of nitrogens with zero attached hydrogens (tertiary/aromatic N) is 1. The molecule has 0 radical (unpaired) electrons. The molecular weight excluding hydrogens is 205 g/mol. The van der Waals surface area contributed by atoms with E-state index in [4.69, 9.17) is 16.3 Å². The first kappa shape index (κ1) is 11.1. The Morgan fingerprint density at radius 3 is 2.71 bits per heavy atom. The van der Waals surface area contributed by atoms with Crippen molar-refractivity contribution in [3.8, 4) is 5.75 Å². The number of hydrogen-bond donors (Lipinski definition) is 0. The van der Waals surface area contributed by atoms with Crippen LogP contribution < -0.4 is 9.64 Å². The van der Waals surface area contributed by atoms with Crippen LogP contribution in [-0.4, -0.2) is 26.6 Å². The topological polar surface area (TPSA) is 12.5 Å². The fourth-order valence-electron chi connectivity index (χ4n) is 1.15. The van der Waals surface area contributed by atoms with Crippen LogP contribution in [0, 0.1) is 5.82 Å². The SMILES string of the molecule is COc1ccc(N(C)CCCl)cc1F. The lowest BCUT2D eigenvalue weighted by Gasteiger charge is -2.18. The zero-order valence-electron chi connectivity index (χ0n) is 8.26. The van der Waals surface area contributed by atoms with Gasteiger partial charge in [0.05, 0.1) is 7.11 Å². The first-order valence-corrected chi connectivity index (χ1v) is 4.83. The summed E-state index contributed by atoms with van der Waals surface area (Å²) in [6.45, 7) is 0.688. The molecular formula is C10H13ClFNO. The molecule has 0 aliphatic heterocycles. The van der Waals surface area contributed by atoms with Gasteiger partial charge in [0, 0.05) is 31.2 Å². The third kappa shape index (κ3) is 2.51. The summed E-state index contributed by atoms with van der Waals surface area (Å²) in [5.41, 5.74) is 0.795. The van der Waals surface area contributed by atoms with Gasteiger partial charge in [-0.05, 0) is 12.1 Å². The summed E-state index contributed by atoms with van der Waals surface area (Å²) in [6, 6.07) is 4.84. The summed E-state index contributed by atoms with van der Waals surface area (Å²) in [5.74, 6) is 0.420. The van der Waals surface area contributed by atoms with E-state index in [2.05, 4.69) is 0 Å². The largest absolute Gasteiger partial charge is 0.494 e. The molecule has 0 amide bonds. The monoisotopic (exact) mass is 217 g/mol. The molecule has 1 aromatic carbocycles. The van der Waals surface area contributed by atoms with Crippen LogP contribution in [-0.2, 0) is 0 Å². The van der Waals surface area contributed by atoms with Gasteiger partial charge in [0.2, 0.25) is 0 Å². The number of halogens is 2. The number of ether oxygens (including phenoxy) is 1. The smallest absolute Gasteiger partial charge is 0.167 e. The van der Waals surface area contributed by atoms with Crippen LogP contribution in [0.5, 0.6) is 5.75 Å². The number of alkyl halides is 1. The van der Waals surface area contributed by atoms with Crippen molar-refractivity contribution in [1.29, 1.82) is 0 Å². The lowest BCUT2D eigenvalue weighted by Crippen LogP contribution is -2.19. The van der Waals surface area contributed by atoms with Crippen molar-refractivity contribution in [2.75, 3.05) is 31.5 Å². The molecule has 0 heterocycles. The van der Waals surface area contributed by atoms with Crippen LogP contribution in [0.3, 0.4) is 0 Å². The lowest BCUT2D eigenvalue weighted by molar-refractivity contribution is 0.386. The molecule has 1 rings (SSSR count). The highest BCUT2D eigenvalue weighted by Gasteiger charge is 2.05. The van der Waals surface area contributed by atoms with E-state index in [1.54, 1.807) is 12.1 Å². The van der Waals surface area contributed by atoms with E-state index in [0.717, 1.165) is 5.69 Å². The molecule has 0 unspecified atom stereocenters. The summed E-state index contributed by atoms with van der Waals surface area (Å²) in [5, 5.41) is 0. The number of methoxy groups -OCH3 is 1. The molecule has 0 spiro atoms. The van der Waals surface area contributed by atoms with Crippen LogP contribution in [0.4, 0.5) is 10.1 Å². The van der Waals surface area contributed by atoms with Gasteiger partial charge in [0.1, 0.15) is 0 Å². The van der Waals surface area contributed by atoms with Gasteiger partial charge in [0.25, 0.3) is 0 Å². The van der Waals surface area contributed by atoms with E-state index >= 15 is 0 Å². The summed E-state index contributed by atoms with van der Waals surface area (Å²) in [4.78, 5) is 1.88. The standard InChI is InChI=1S/C10H13ClFNO/c1-13(6-5-11)8-3-4-10(14-2)9(12)7-8/h3-4,7H,5-6H2,1-2H3. The molecule has 0 bridgehead atoms. The quantitative estimate of drug-likeness (QED) is 0.719. The molecule has 0 atom stereocenters. The van der Waals surface area contributed by atoms with Gasteiger partial charge in [-0.2, -0.15) is 0 Å². The zero-order valence-corrected chi connectivity index (χ0v) is 9.01. The van der Waals surface area contributed by atoms with Gasteiger partial charge in [0.15, 0.2) is 11.6 Å². The Hall–Kier alpha value is -0.960. The number of rotatable bonds is 4. The van der Waals surface area contributed by atoms with Crippen molar-refractivity contribution in [1.82, 2.24) is 0 Å². The van der Waals surface area contributed by atoms with Crippen molar-refractivity contribution < 1.29 is 9.13 Å². The molecule has 1 aromatic rings. The molecule has 0 N–H and O–H groups in total. The highest BCUT2D eigenvalue weighted by atomic mass is 35.5. The first-order valence-electron chi connectivity index (χ1n) is 4.29. The van der Waals surface area contributed by atoms with Crippen LogP contribution in [0.2, 0.25) is 0 Å². The second kappa shape index (κ2) is 5.05. The first-order chi connectivity index (χ1) is 6.69. The van der Waals surface area contributed by atoms with Crippen LogP contribution in [0.1, 0.15) is 0 Å². The second-order valence-electron chi connectivity index (χ2n) is 2.93. The number of hydrogen-bond acceptors (Lipinski definition) is 2. The Balaban J connectivity index is 2.85. The van der Waals surface area contributed by atoms with Crippen molar-refractivity contribution in [3.63, 3.8) is 0 Å². The van der Waals surface area contributed by atoms with Crippen molar-refractivity contribution in [2.45, 2.75) is 0 Å². The number of benzene rings is 1. The molecule has 0 aliphatic carbocycles. The Bertz CT molecular complexity index is 306. The maximum Gasteiger partial charge on any atom is 0.167 e. The fraction of sp³-hybridized carbons (Fsp3) is 0.400. The summed E-state index contributed by atoms with van der Waals surface area (Å²) in [7, 11) is 3.31. The Morgan fingerprint density at radius 2 is 2.21 bits per heavy atom. The van der Waals surface area contributed by atoms with Crippen LogP contribution in [0.25, 0.3) is 0 Å². The van der Waals surface area contributed by atoms with Gasteiger partial charge in [-0.15, -0.1) is 11.6 Å². The average Bonchev–Trinajstić information content (AvgIpc) is 2.18. The molecule has 0 aliphatic rings. The van der Waals surface area contributed by atoms with E-state index in [9.17, 15) is 4.39 Å². The summed E-state index contributed by atoms with van der Waals surface area (Å²) < 4.78 is 18.1. The van der Waals surface area contributed by atoms with Gasteiger partial charge < -0.3 is 9.64 Å². The minimum Gasteiger partial charge on any atom is -0.494 e. The van der Waals surface area contributed by atoms with Crippen LogP contribution in [0.15, 0.2) is 18.2 Å². The molecule has 4 heteroatoms. The second-order valence-corrected chi connectivity index (χ2v) is 3.31. The van der Waals surface area contributed by atoms with E-state index < -0.39 is 0 Å². The maximum atomic E-state index is 13.3. The van der Waals surface area contributed by atoms with E-state index in [-0.39, 0.29) is 11.6 Å². The molecule has 0 saturated heterocycles. The van der Waals surface area contributed by atoms with Crippen LogP contribution >= 0.6 is 11.6 Å². The molecule has 78 valence electrons. The van der Waals surface area contributed by atoms with E-state index in [0.29, 0.717) is 12.4 Å². The van der Waals surface area contributed by atoms with Crippen molar-refractivity contribution in [2.24, 2.45) is 0 Å². The van der Waals surface area contributed by atoms with Gasteiger partial charge in [-0.3, -0.25) is 0 Å². The minimum atomic E-state index is -0.355. The third-order valence-electron chi connectivity index (χ3n) is 2.00. The Labute approximate surface area is 88.2 Å². The van der Waals surface area contributed by atoms with Gasteiger partial charge in [-0.25, -0.2) is 4.39 Å². The fourth-order valence-corrected chi connectivity index (χ4v) is 1.40. The number of anilines is 1. The lowest BCUT2D eigenvalue weighted by atomic mass is 10.2. The van der Waals surface area contributed by atoms with Crippen molar-refractivity contribution >= 4 is 17.3 Å². The maximum absolute atomic E-state index is 13.3. The molecule has 0 fully saturated rings. The van der Waals surface area contributed by atoms with Gasteiger partial charge in [-0.1, -0.05) is 0 Å². The zero-order chi connectivity index (χ0) is 10.6. The molecule has 2 nitrogen and oxygen atoms in total. The predicted octanol–water partition coefficient (Wildman–Crippen LogP) is 2.51. The Morgan fingerprint density at radius 1 is 1.50 bits per heavy atom. The van der Waals surface area contributed by atoms with Gasteiger partial charge >= 0.3 is 0 Å². The highest BCUT2D eigenvalue weighted by molar-refractivity contribution is 6.18. The summed E-state index contributed by atoms with van der Waals surface area (Å²) in [6.07, 6.45) is 0. The van der Waals surface area contributed by atoms with Crippen molar-refractivity contribution in [3.05, 3.63) is 24.0 Å². The average molecular weight is 218 g/mol. The van der Waals surface area contributed by atoms with E-state index in [1.165, 1.54) is 13.2 Å². The Kier molecular flexibility index (Phi) is 4.01. The molecule has 0 aromatic heterocycles. The third-order valence-corrected chi connectivity index (χ3v) is 2.17. The normalized spacial score (nSPS) is 10.0. The molecule has 14 heavy (non-hydrogen) atoms. The minimum absolute atomic E-state index is 0.257. The van der Waals surface area contributed by atoms with E-state index in [1.807, 2.05) is 11.9 Å². The predicted molar refractivity (Wildman–Crippen MR) is 56.9 cm³/mol. The molecule has 0 saturated carbocycles. The summed E-state index contributed by atoms with van der Waals surface area (Å²) >= 11 is 5.58.